The zero-order chi connectivity index (χ0) is 11.5. The van der Waals surface area contributed by atoms with Crippen LogP contribution in [-0.4, -0.2) is 41.5 Å². The van der Waals surface area contributed by atoms with Crippen LogP contribution in [-0.2, 0) is 9.59 Å². The Balaban J connectivity index is 4.74. The second kappa shape index (κ2) is 4.68. The minimum Gasteiger partial charge on any atom is -0.329 e. The number of hydrogen-bond acceptors (Lipinski definition) is 2. The molecule has 0 atom stereocenters. The second-order valence-electron chi connectivity index (χ2n) is 3.31. The molecule has 0 bridgehead atoms. The van der Waals surface area contributed by atoms with Gasteiger partial charge in [-0.1, -0.05) is 0 Å². The van der Waals surface area contributed by atoms with E-state index in [1.807, 2.05) is 0 Å². The fraction of sp³-hybridized carbons (Fsp3) is 0.750. The van der Waals surface area contributed by atoms with Crippen molar-refractivity contribution in [2.75, 3.05) is 12.9 Å². The minimum absolute atomic E-state index is 0.312. The molecule has 6 heteroatoms. The SMILES string of the molecule is CN(C(=O)C(F)F)C(C)(C)C(=O)CCl. The topological polar surface area (TPSA) is 37.4 Å². The standard InChI is InChI=1S/C8H12ClF2NO2/c1-8(2,5(13)4-9)12(3)7(14)6(10)11/h6H,4H2,1-3H3. The van der Waals surface area contributed by atoms with Crippen LogP contribution in [0.2, 0.25) is 0 Å². The maximum absolute atomic E-state index is 12.0. The summed E-state index contributed by atoms with van der Waals surface area (Å²) >= 11 is 5.29. The summed E-state index contributed by atoms with van der Waals surface area (Å²) in [6, 6.07) is 0. The predicted molar refractivity (Wildman–Crippen MR) is 48.6 cm³/mol. The van der Waals surface area contributed by atoms with Crippen LogP contribution in [0.1, 0.15) is 13.8 Å². The van der Waals surface area contributed by atoms with Crippen molar-refractivity contribution in [1.82, 2.24) is 4.90 Å². The van der Waals surface area contributed by atoms with E-state index in [-0.39, 0.29) is 5.88 Å². The third kappa shape index (κ3) is 2.64. The van der Waals surface area contributed by atoms with Gasteiger partial charge >= 0.3 is 6.43 Å². The van der Waals surface area contributed by atoms with E-state index in [4.69, 9.17) is 11.6 Å². The van der Waals surface area contributed by atoms with Gasteiger partial charge in [0, 0.05) is 7.05 Å². The van der Waals surface area contributed by atoms with Crippen molar-refractivity contribution < 1.29 is 18.4 Å². The van der Waals surface area contributed by atoms with Crippen molar-refractivity contribution in [3.05, 3.63) is 0 Å². The molecule has 0 aliphatic rings. The average molecular weight is 228 g/mol. The fourth-order valence-electron chi connectivity index (χ4n) is 0.772. The van der Waals surface area contributed by atoms with E-state index in [9.17, 15) is 18.4 Å². The number of amides is 1. The monoisotopic (exact) mass is 227 g/mol. The van der Waals surface area contributed by atoms with E-state index in [1.165, 1.54) is 13.8 Å². The summed E-state index contributed by atoms with van der Waals surface area (Å²) in [5, 5.41) is 0. The van der Waals surface area contributed by atoms with Crippen LogP contribution in [0.3, 0.4) is 0 Å². The van der Waals surface area contributed by atoms with Crippen LogP contribution < -0.4 is 0 Å². The molecule has 14 heavy (non-hydrogen) atoms. The molecule has 0 aliphatic heterocycles. The predicted octanol–water partition coefficient (Wildman–Crippen LogP) is 1.30. The summed E-state index contributed by atoms with van der Waals surface area (Å²) in [7, 11) is 1.15. The van der Waals surface area contributed by atoms with Crippen molar-refractivity contribution in [2.24, 2.45) is 0 Å². The van der Waals surface area contributed by atoms with Crippen molar-refractivity contribution in [2.45, 2.75) is 25.8 Å². The summed E-state index contributed by atoms with van der Waals surface area (Å²) in [6.45, 7) is 2.75. The molecule has 0 aromatic rings. The summed E-state index contributed by atoms with van der Waals surface area (Å²) < 4.78 is 24.1. The molecule has 0 N–H and O–H groups in total. The van der Waals surface area contributed by atoms with Gasteiger partial charge in [0.1, 0.15) is 0 Å². The van der Waals surface area contributed by atoms with Gasteiger partial charge in [0.25, 0.3) is 5.91 Å². The first-order valence-electron chi connectivity index (χ1n) is 3.90. The van der Waals surface area contributed by atoms with Gasteiger partial charge in [-0.05, 0) is 13.8 Å². The summed E-state index contributed by atoms with van der Waals surface area (Å²) in [4.78, 5) is 22.8. The molecule has 0 aliphatic carbocycles. The quantitative estimate of drug-likeness (QED) is 0.679. The van der Waals surface area contributed by atoms with Gasteiger partial charge in [0.2, 0.25) is 0 Å². The molecule has 0 heterocycles. The lowest BCUT2D eigenvalue weighted by Crippen LogP contribution is -2.53. The maximum atomic E-state index is 12.0. The lowest BCUT2D eigenvalue weighted by Gasteiger charge is -2.33. The zero-order valence-corrected chi connectivity index (χ0v) is 8.94. The number of rotatable bonds is 4. The van der Waals surface area contributed by atoms with Crippen LogP contribution in [0.25, 0.3) is 0 Å². The first kappa shape index (κ1) is 13.3. The van der Waals surface area contributed by atoms with Crippen molar-refractivity contribution in [3.63, 3.8) is 0 Å². The fourth-order valence-corrected chi connectivity index (χ4v) is 1.10. The van der Waals surface area contributed by atoms with Gasteiger partial charge in [-0.15, -0.1) is 11.6 Å². The Labute approximate surface area is 86.0 Å². The normalized spacial score (nSPS) is 11.6. The molecule has 0 radical (unpaired) electrons. The van der Waals surface area contributed by atoms with E-state index < -0.39 is 23.7 Å². The molecule has 1 amide bonds. The lowest BCUT2D eigenvalue weighted by molar-refractivity contribution is -0.150. The number of hydrogen-bond donors (Lipinski definition) is 0. The molecular formula is C8H12ClF2NO2. The largest absolute Gasteiger partial charge is 0.329 e. The highest BCUT2D eigenvalue weighted by molar-refractivity contribution is 6.29. The molecule has 0 saturated carbocycles. The molecule has 82 valence electrons. The van der Waals surface area contributed by atoms with E-state index in [0.29, 0.717) is 4.90 Å². The molecular weight excluding hydrogens is 216 g/mol. The number of ketones is 1. The Morgan fingerprint density at radius 3 is 2.14 bits per heavy atom. The van der Waals surface area contributed by atoms with E-state index in [0.717, 1.165) is 7.05 Å². The van der Waals surface area contributed by atoms with Gasteiger partial charge in [0.15, 0.2) is 5.78 Å². The van der Waals surface area contributed by atoms with Gasteiger partial charge in [-0.25, -0.2) is 0 Å². The van der Waals surface area contributed by atoms with Crippen LogP contribution >= 0.6 is 11.6 Å². The van der Waals surface area contributed by atoms with Gasteiger partial charge in [0.05, 0.1) is 11.4 Å². The lowest BCUT2D eigenvalue weighted by atomic mass is 9.98. The van der Waals surface area contributed by atoms with Crippen molar-refractivity contribution >= 4 is 23.3 Å². The van der Waals surface area contributed by atoms with Gasteiger partial charge < -0.3 is 4.90 Å². The summed E-state index contributed by atoms with van der Waals surface area (Å²) in [5.74, 6) is -2.17. The Morgan fingerprint density at radius 1 is 1.43 bits per heavy atom. The Kier molecular flexibility index (Phi) is 4.45. The van der Waals surface area contributed by atoms with Gasteiger partial charge in [-0.2, -0.15) is 8.78 Å². The highest BCUT2D eigenvalue weighted by atomic mass is 35.5. The molecule has 3 nitrogen and oxygen atoms in total. The first-order valence-corrected chi connectivity index (χ1v) is 4.43. The van der Waals surface area contributed by atoms with Crippen LogP contribution in [0.4, 0.5) is 8.78 Å². The van der Waals surface area contributed by atoms with Crippen LogP contribution in [0.5, 0.6) is 0 Å². The molecule has 0 spiro atoms. The first-order chi connectivity index (χ1) is 6.25. The van der Waals surface area contributed by atoms with Gasteiger partial charge in [-0.3, -0.25) is 9.59 Å². The third-order valence-corrected chi connectivity index (χ3v) is 2.40. The van der Waals surface area contributed by atoms with Crippen LogP contribution in [0, 0.1) is 0 Å². The smallest absolute Gasteiger partial charge is 0.315 e. The summed E-state index contributed by atoms with van der Waals surface area (Å²) in [6.07, 6.45) is -3.11. The number of nitrogens with zero attached hydrogens (tertiary/aromatic N) is 1. The van der Waals surface area contributed by atoms with Crippen LogP contribution in [0.15, 0.2) is 0 Å². The molecule has 0 aromatic carbocycles. The summed E-state index contributed by atoms with van der Waals surface area (Å²) in [5.41, 5.74) is -1.30. The number of carbonyl (C=O) groups is 2. The molecule has 0 fully saturated rings. The van der Waals surface area contributed by atoms with Crippen molar-refractivity contribution in [1.29, 1.82) is 0 Å². The van der Waals surface area contributed by atoms with Crippen molar-refractivity contribution in [3.8, 4) is 0 Å². The minimum atomic E-state index is -3.11. The number of Topliss-reactive ketones (excluding diaryl/α,β-unsaturated/α-hetero) is 1. The zero-order valence-electron chi connectivity index (χ0n) is 8.18. The second-order valence-corrected chi connectivity index (χ2v) is 3.58. The average Bonchev–Trinajstić information content (AvgIpc) is 2.13. The van der Waals surface area contributed by atoms with E-state index in [2.05, 4.69) is 0 Å². The number of carbonyl (C=O) groups excluding carboxylic acids is 2. The highest BCUT2D eigenvalue weighted by Crippen LogP contribution is 2.16. The maximum Gasteiger partial charge on any atom is 0.315 e. The molecule has 0 saturated heterocycles. The number of alkyl halides is 3. The Hall–Kier alpha value is -0.710. The Morgan fingerprint density at radius 2 is 1.86 bits per heavy atom. The van der Waals surface area contributed by atoms with E-state index in [1.54, 1.807) is 0 Å². The number of likely N-dealkylation sites (N-methyl/N-ethyl adjacent to an activating group) is 1. The molecule has 0 rings (SSSR count). The number of halogens is 3. The third-order valence-electron chi connectivity index (χ3n) is 2.16. The highest BCUT2D eigenvalue weighted by Gasteiger charge is 2.37. The molecule has 0 unspecified atom stereocenters. The Bertz CT molecular complexity index is 243. The molecule has 0 aromatic heterocycles. The van der Waals surface area contributed by atoms with E-state index >= 15 is 0 Å².